The van der Waals surface area contributed by atoms with E-state index in [1.54, 1.807) is 12.1 Å². The van der Waals surface area contributed by atoms with Gasteiger partial charge in [-0.3, -0.25) is 10.1 Å². The van der Waals surface area contributed by atoms with Crippen LogP contribution >= 0.6 is 0 Å². The van der Waals surface area contributed by atoms with Crippen LogP contribution in [0.3, 0.4) is 0 Å². The van der Waals surface area contributed by atoms with E-state index in [0.29, 0.717) is 5.76 Å². The van der Waals surface area contributed by atoms with E-state index in [0.717, 1.165) is 0 Å². The first-order valence-electron chi connectivity index (χ1n) is 5.43. The van der Waals surface area contributed by atoms with Gasteiger partial charge in [-0.25, -0.2) is 9.59 Å². The highest BCUT2D eigenvalue weighted by Crippen LogP contribution is 1.98. The van der Waals surface area contributed by atoms with E-state index in [9.17, 15) is 14.4 Å². The fraction of sp³-hybridized carbons (Fsp3) is 0.364. The Balaban J connectivity index is 2.20. The predicted molar refractivity (Wildman–Crippen MR) is 62.1 cm³/mol. The summed E-state index contributed by atoms with van der Waals surface area (Å²) in [4.78, 5) is 32.9. The van der Waals surface area contributed by atoms with E-state index in [1.165, 1.54) is 13.2 Å². The molecule has 0 radical (unpaired) electrons. The second kappa shape index (κ2) is 7.17. The molecule has 0 bridgehead atoms. The minimum absolute atomic E-state index is 0.137. The Labute approximate surface area is 108 Å². The molecule has 0 fully saturated rings. The Hall–Kier alpha value is -2.35. The molecule has 3 amide bonds. The lowest BCUT2D eigenvalue weighted by Crippen LogP contribution is -2.41. The maximum atomic E-state index is 11.3. The highest BCUT2D eigenvalue weighted by Gasteiger charge is 2.14. The van der Waals surface area contributed by atoms with Gasteiger partial charge in [0.2, 0.25) is 0 Å². The normalized spacial score (nSPS) is 11.6. The summed E-state index contributed by atoms with van der Waals surface area (Å²) in [5.41, 5.74) is 0. The third-order valence-electron chi connectivity index (χ3n) is 2.07. The van der Waals surface area contributed by atoms with Crippen LogP contribution in [0.1, 0.15) is 12.7 Å². The number of amides is 3. The molecule has 0 saturated carbocycles. The van der Waals surface area contributed by atoms with Gasteiger partial charge in [-0.05, 0) is 19.1 Å². The van der Waals surface area contributed by atoms with Gasteiger partial charge in [-0.2, -0.15) is 0 Å². The van der Waals surface area contributed by atoms with Crippen molar-refractivity contribution in [3.63, 3.8) is 0 Å². The standard InChI is InChI=1S/C11H14N2O6/c1-7(10(15)16)19-6-9(14)13-11(17)12-5-8-3-2-4-18-8/h2-4,7H,5-6H2,1H3,(H,15,16)(H2,12,13,14,17). The van der Waals surface area contributed by atoms with Crippen LogP contribution < -0.4 is 10.6 Å². The molecule has 0 saturated heterocycles. The average Bonchev–Trinajstić information content (AvgIpc) is 2.86. The molecule has 0 aliphatic heterocycles. The second-order valence-electron chi connectivity index (χ2n) is 3.60. The molecule has 19 heavy (non-hydrogen) atoms. The molecular weight excluding hydrogens is 256 g/mol. The lowest BCUT2D eigenvalue weighted by Gasteiger charge is -2.08. The van der Waals surface area contributed by atoms with Gasteiger partial charge in [-0.15, -0.1) is 0 Å². The van der Waals surface area contributed by atoms with Crippen LogP contribution in [0.2, 0.25) is 0 Å². The summed E-state index contributed by atoms with van der Waals surface area (Å²) in [5.74, 6) is -1.38. The summed E-state index contributed by atoms with van der Waals surface area (Å²) in [6, 6.07) is 2.62. The molecule has 1 aromatic heterocycles. The second-order valence-corrected chi connectivity index (χ2v) is 3.60. The number of aliphatic carboxylic acids is 1. The van der Waals surface area contributed by atoms with Gasteiger partial charge in [0.1, 0.15) is 12.4 Å². The van der Waals surface area contributed by atoms with Crippen LogP contribution in [0.25, 0.3) is 0 Å². The monoisotopic (exact) mass is 270 g/mol. The highest BCUT2D eigenvalue weighted by molar-refractivity contribution is 5.94. The van der Waals surface area contributed by atoms with Gasteiger partial charge in [0.25, 0.3) is 5.91 Å². The number of hydrogen-bond acceptors (Lipinski definition) is 5. The Morgan fingerprint density at radius 2 is 2.21 bits per heavy atom. The van der Waals surface area contributed by atoms with Crippen LogP contribution in [0, 0.1) is 0 Å². The minimum atomic E-state index is -1.19. The number of carbonyl (C=O) groups excluding carboxylic acids is 2. The number of urea groups is 1. The van der Waals surface area contributed by atoms with E-state index < -0.39 is 30.6 Å². The summed E-state index contributed by atoms with van der Waals surface area (Å²) in [6.07, 6.45) is 0.346. The average molecular weight is 270 g/mol. The highest BCUT2D eigenvalue weighted by atomic mass is 16.5. The number of carboxylic acid groups (broad SMARTS) is 1. The van der Waals surface area contributed by atoms with E-state index in [1.807, 2.05) is 5.32 Å². The van der Waals surface area contributed by atoms with Crippen LogP contribution in [0.5, 0.6) is 0 Å². The van der Waals surface area contributed by atoms with Gasteiger partial charge < -0.3 is 19.6 Å². The fourth-order valence-corrected chi connectivity index (χ4v) is 1.06. The van der Waals surface area contributed by atoms with Crippen molar-refractivity contribution in [2.24, 2.45) is 0 Å². The lowest BCUT2D eigenvalue weighted by atomic mass is 10.4. The zero-order chi connectivity index (χ0) is 14.3. The van der Waals surface area contributed by atoms with E-state index in [-0.39, 0.29) is 6.54 Å². The van der Waals surface area contributed by atoms with E-state index >= 15 is 0 Å². The SMILES string of the molecule is CC(OCC(=O)NC(=O)NCc1ccco1)C(=O)O. The number of furan rings is 1. The first-order chi connectivity index (χ1) is 8.99. The number of hydrogen-bond donors (Lipinski definition) is 3. The van der Waals surface area contributed by atoms with Crippen molar-refractivity contribution in [3.8, 4) is 0 Å². The Kier molecular flexibility index (Phi) is 5.55. The zero-order valence-corrected chi connectivity index (χ0v) is 10.2. The molecule has 0 aliphatic rings. The number of nitrogens with one attached hydrogen (secondary N) is 2. The molecule has 3 N–H and O–H groups in total. The minimum Gasteiger partial charge on any atom is -0.479 e. The molecule has 1 atom stereocenters. The van der Waals surface area contributed by atoms with Crippen molar-refractivity contribution in [2.45, 2.75) is 19.6 Å². The van der Waals surface area contributed by atoms with Crippen LogP contribution in [-0.4, -0.2) is 35.7 Å². The Morgan fingerprint density at radius 1 is 1.47 bits per heavy atom. The Bertz CT molecular complexity index is 442. The third kappa shape index (κ3) is 5.68. The van der Waals surface area contributed by atoms with Crippen LogP contribution in [0.4, 0.5) is 4.79 Å². The maximum Gasteiger partial charge on any atom is 0.332 e. The molecule has 104 valence electrons. The summed E-state index contributed by atoms with van der Waals surface area (Å²) in [7, 11) is 0. The molecule has 1 aromatic rings. The molecule has 1 unspecified atom stereocenters. The summed E-state index contributed by atoms with van der Waals surface area (Å²) in [5, 5.41) is 12.9. The molecule has 8 heteroatoms. The predicted octanol–water partition coefficient (Wildman–Crippen LogP) is 0.0951. The Morgan fingerprint density at radius 3 is 2.79 bits per heavy atom. The first-order valence-corrected chi connectivity index (χ1v) is 5.43. The van der Waals surface area contributed by atoms with Crippen molar-refractivity contribution in [2.75, 3.05) is 6.61 Å². The summed E-state index contributed by atoms with van der Waals surface area (Å²) >= 11 is 0. The largest absolute Gasteiger partial charge is 0.479 e. The van der Waals surface area contributed by atoms with Crippen molar-refractivity contribution in [3.05, 3.63) is 24.2 Å². The first kappa shape index (κ1) is 14.7. The van der Waals surface area contributed by atoms with Gasteiger partial charge in [0.05, 0.1) is 12.8 Å². The van der Waals surface area contributed by atoms with Crippen LogP contribution in [-0.2, 0) is 20.9 Å². The van der Waals surface area contributed by atoms with E-state index in [2.05, 4.69) is 5.32 Å². The van der Waals surface area contributed by atoms with Crippen molar-refractivity contribution >= 4 is 17.9 Å². The molecule has 1 heterocycles. The summed E-state index contributed by atoms with van der Waals surface area (Å²) < 4.78 is 9.68. The maximum absolute atomic E-state index is 11.3. The lowest BCUT2D eigenvalue weighted by molar-refractivity contribution is -0.150. The number of carboxylic acids is 1. The molecular formula is C11H14N2O6. The summed E-state index contributed by atoms with van der Waals surface area (Å²) in [6.45, 7) is 0.909. The smallest absolute Gasteiger partial charge is 0.332 e. The molecule has 0 spiro atoms. The molecule has 1 rings (SSSR count). The fourth-order valence-electron chi connectivity index (χ4n) is 1.06. The number of imide groups is 1. The zero-order valence-electron chi connectivity index (χ0n) is 10.2. The van der Waals surface area contributed by atoms with E-state index in [4.69, 9.17) is 14.3 Å². The van der Waals surface area contributed by atoms with Gasteiger partial charge in [0.15, 0.2) is 6.10 Å². The van der Waals surface area contributed by atoms with Crippen molar-refractivity contribution in [1.82, 2.24) is 10.6 Å². The molecule has 8 nitrogen and oxygen atoms in total. The van der Waals surface area contributed by atoms with Crippen molar-refractivity contribution < 1.29 is 28.6 Å². The van der Waals surface area contributed by atoms with Gasteiger partial charge >= 0.3 is 12.0 Å². The van der Waals surface area contributed by atoms with Crippen molar-refractivity contribution in [1.29, 1.82) is 0 Å². The number of rotatable bonds is 6. The molecule has 0 aromatic carbocycles. The quantitative estimate of drug-likeness (QED) is 0.674. The van der Waals surface area contributed by atoms with Gasteiger partial charge in [0, 0.05) is 0 Å². The number of carbonyl (C=O) groups is 3. The molecule has 0 aliphatic carbocycles. The third-order valence-corrected chi connectivity index (χ3v) is 2.07. The van der Waals surface area contributed by atoms with Crippen LogP contribution in [0.15, 0.2) is 22.8 Å². The topological polar surface area (TPSA) is 118 Å². The van der Waals surface area contributed by atoms with Gasteiger partial charge in [-0.1, -0.05) is 0 Å². The number of ether oxygens (including phenoxy) is 1.